The second kappa shape index (κ2) is 5.78. The van der Waals surface area contributed by atoms with E-state index in [1.165, 1.54) is 0 Å². The molecule has 0 radical (unpaired) electrons. The molecule has 2 aromatic rings. The maximum absolute atomic E-state index is 12.3. The van der Waals surface area contributed by atoms with Crippen molar-refractivity contribution < 1.29 is 9.53 Å². The van der Waals surface area contributed by atoms with Crippen LogP contribution >= 0.6 is 0 Å². The van der Waals surface area contributed by atoms with Crippen molar-refractivity contribution in [3.05, 3.63) is 82.9 Å². The zero-order valence-electron chi connectivity index (χ0n) is 13.1. The van der Waals surface area contributed by atoms with E-state index >= 15 is 0 Å². The van der Waals surface area contributed by atoms with Gasteiger partial charge < -0.3 is 4.74 Å². The number of aryl methyl sites for hydroxylation is 2. The normalized spacial score (nSPS) is 14.6. The number of ether oxygens (including phenoxy) is 1. The molecule has 0 N–H and O–H groups in total. The molecule has 0 aliphatic heterocycles. The van der Waals surface area contributed by atoms with Gasteiger partial charge in [-0.3, -0.25) is 0 Å². The van der Waals surface area contributed by atoms with Crippen molar-refractivity contribution in [1.29, 1.82) is 0 Å². The molecule has 0 bridgehead atoms. The topological polar surface area (TPSA) is 26.3 Å². The van der Waals surface area contributed by atoms with Gasteiger partial charge in [0.2, 0.25) is 5.60 Å². The lowest BCUT2D eigenvalue weighted by atomic mass is 9.84. The third kappa shape index (κ3) is 2.45. The van der Waals surface area contributed by atoms with E-state index in [0.717, 1.165) is 35.1 Å². The molecule has 0 heterocycles. The van der Waals surface area contributed by atoms with Gasteiger partial charge in [0.25, 0.3) is 0 Å². The molecule has 0 atom stereocenters. The van der Waals surface area contributed by atoms with Gasteiger partial charge in [-0.25, -0.2) is 4.79 Å². The lowest BCUT2D eigenvalue weighted by molar-refractivity contribution is -0.147. The molecule has 23 heavy (non-hydrogen) atoms. The van der Waals surface area contributed by atoms with Gasteiger partial charge in [-0.05, 0) is 36.8 Å². The standard InChI is InChI=1S/C21H18O2/c1-4-21(23-20(22)15(2)3)18-11-7-5-9-16(18)13-14-17-10-6-8-12-19(17)21/h1,5-12H,2,13-14H2,3H3. The van der Waals surface area contributed by atoms with Gasteiger partial charge in [0.15, 0.2) is 0 Å². The van der Waals surface area contributed by atoms with Crippen molar-refractivity contribution in [3.63, 3.8) is 0 Å². The van der Waals surface area contributed by atoms with Crippen LogP contribution < -0.4 is 0 Å². The first kappa shape index (κ1) is 15.1. The number of rotatable bonds is 2. The van der Waals surface area contributed by atoms with E-state index < -0.39 is 11.6 Å². The number of hydrogen-bond acceptors (Lipinski definition) is 2. The second-order valence-electron chi connectivity index (χ2n) is 5.81. The summed E-state index contributed by atoms with van der Waals surface area (Å²) in [7, 11) is 0. The zero-order chi connectivity index (χ0) is 16.4. The number of hydrogen-bond donors (Lipinski definition) is 0. The summed E-state index contributed by atoms with van der Waals surface area (Å²) < 4.78 is 5.85. The number of carbonyl (C=O) groups excluding carboxylic acids is 1. The van der Waals surface area contributed by atoms with Crippen molar-refractivity contribution in [3.8, 4) is 12.3 Å². The molecule has 0 saturated carbocycles. The smallest absolute Gasteiger partial charge is 0.335 e. The zero-order valence-corrected chi connectivity index (χ0v) is 13.1. The Morgan fingerprint density at radius 1 is 1.09 bits per heavy atom. The van der Waals surface area contributed by atoms with Crippen LogP contribution in [0.5, 0.6) is 0 Å². The molecule has 114 valence electrons. The highest BCUT2D eigenvalue weighted by molar-refractivity contribution is 5.88. The minimum absolute atomic E-state index is 0.332. The summed E-state index contributed by atoms with van der Waals surface area (Å²) in [5.74, 6) is 2.29. The Bertz CT molecular complexity index is 776. The number of fused-ring (bicyclic) bond motifs is 2. The Labute approximate surface area is 136 Å². The second-order valence-corrected chi connectivity index (χ2v) is 5.81. The van der Waals surface area contributed by atoms with Crippen LogP contribution in [-0.2, 0) is 28.0 Å². The van der Waals surface area contributed by atoms with Crippen LogP contribution in [0, 0.1) is 12.3 Å². The fraction of sp³-hybridized carbons (Fsp3) is 0.190. The minimum atomic E-state index is -1.21. The summed E-state index contributed by atoms with van der Waals surface area (Å²) in [6, 6.07) is 15.8. The third-order valence-corrected chi connectivity index (χ3v) is 4.25. The summed E-state index contributed by atoms with van der Waals surface area (Å²) in [6.45, 7) is 5.30. The molecule has 0 saturated heterocycles. The van der Waals surface area contributed by atoms with E-state index in [4.69, 9.17) is 11.2 Å². The van der Waals surface area contributed by atoms with E-state index in [-0.39, 0.29) is 0 Å². The molecule has 3 rings (SSSR count). The van der Waals surface area contributed by atoms with Crippen LogP contribution in [0.3, 0.4) is 0 Å². The summed E-state index contributed by atoms with van der Waals surface area (Å²) in [6.07, 6.45) is 7.65. The van der Waals surface area contributed by atoms with E-state index in [1.54, 1.807) is 6.92 Å². The Morgan fingerprint density at radius 2 is 1.57 bits per heavy atom. The van der Waals surface area contributed by atoms with E-state index in [1.807, 2.05) is 48.5 Å². The van der Waals surface area contributed by atoms with E-state index in [9.17, 15) is 4.79 Å². The lowest BCUT2D eigenvalue weighted by Crippen LogP contribution is -2.33. The first-order valence-electron chi connectivity index (χ1n) is 7.62. The monoisotopic (exact) mass is 302 g/mol. The number of carbonyl (C=O) groups is 1. The Morgan fingerprint density at radius 3 is 2.00 bits per heavy atom. The van der Waals surface area contributed by atoms with Crippen LogP contribution in [0.25, 0.3) is 0 Å². The first-order valence-corrected chi connectivity index (χ1v) is 7.62. The molecule has 0 fully saturated rings. The Hall–Kier alpha value is -2.79. The van der Waals surface area contributed by atoms with Gasteiger partial charge in [-0.15, -0.1) is 6.42 Å². The maximum Gasteiger partial charge on any atom is 0.335 e. The van der Waals surface area contributed by atoms with Gasteiger partial charge in [-0.1, -0.05) is 55.1 Å². The molecule has 0 amide bonds. The summed E-state index contributed by atoms with van der Waals surface area (Å²) in [5, 5.41) is 0. The molecule has 2 nitrogen and oxygen atoms in total. The molecular weight excluding hydrogens is 284 g/mol. The van der Waals surface area contributed by atoms with Crippen molar-refractivity contribution in [2.75, 3.05) is 0 Å². The van der Waals surface area contributed by atoms with Crippen molar-refractivity contribution in [1.82, 2.24) is 0 Å². The van der Waals surface area contributed by atoms with Crippen LogP contribution in [0.2, 0.25) is 0 Å². The third-order valence-electron chi connectivity index (χ3n) is 4.25. The van der Waals surface area contributed by atoms with E-state index in [2.05, 4.69) is 12.5 Å². The molecule has 2 aromatic carbocycles. The molecule has 0 unspecified atom stereocenters. The fourth-order valence-corrected chi connectivity index (χ4v) is 3.10. The van der Waals surface area contributed by atoms with Gasteiger partial charge in [0.1, 0.15) is 0 Å². The summed E-state index contributed by atoms with van der Waals surface area (Å²) in [4.78, 5) is 12.3. The average Bonchev–Trinajstić information content (AvgIpc) is 2.71. The SMILES string of the molecule is C#CC1(OC(=O)C(=C)C)c2ccccc2CCc2ccccc21. The molecule has 0 aromatic heterocycles. The summed E-state index contributed by atoms with van der Waals surface area (Å²) >= 11 is 0. The van der Waals surface area contributed by atoms with Crippen LogP contribution in [0.1, 0.15) is 29.2 Å². The lowest BCUT2D eigenvalue weighted by Gasteiger charge is -2.31. The van der Waals surface area contributed by atoms with Gasteiger partial charge in [0, 0.05) is 16.7 Å². The molecule has 0 spiro atoms. The quantitative estimate of drug-likeness (QED) is 0.479. The fourth-order valence-electron chi connectivity index (χ4n) is 3.10. The predicted molar refractivity (Wildman–Crippen MR) is 90.8 cm³/mol. The average molecular weight is 302 g/mol. The van der Waals surface area contributed by atoms with Crippen molar-refractivity contribution in [2.45, 2.75) is 25.4 Å². The highest BCUT2D eigenvalue weighted by Crippen LogP contribution is 2.40. The Kier molecular flexibility index (Phi) is 3.80. The van der Waals surface area contributed by atoms with Gasteiger partial charge in [0.05, 0.1) is 0 Å². The maximum atomic E-state index is 12.3. The largest absolute Gasteiger partial charge is 0.434 e. The highest BCUT2D eigenvalue weighted by atomic mass is 16.6. The van der Waals surface area contributed by atoms with Crippen LogP contribution in [0.4, 0.5) is 0 Å². The number of benzene rings is 2. The number of terminal acetylenes is 1. The molecule has 1 aliphatic rings. The highest BCUT2D eigenvalue weighted by Gasteiger charge is 2.41. The Balaban J connectivity index is 2.29. The molecule has 1 aliphatic carbocycles. The summed E-state index contributed by atoms with van der Waals surface area (Å²) in [5.41, 5.74) is 3.06. The van der Waals surface area contributed by atoms with Crippen molar-refractivity contribution >= 4 is 5.97 Å². The van der Waals surface area contributed by atoms with Crippen molar-refractivity contribution in [2.24, 2.45) is 0 Å². The van der Waals surface area contributed by atoms with Crippen LogP contribution in [0.15, 0.2) is 60.7 Å². The van der Waals surface area contributed by atoms with E-state index in [0.29, 0.717) is 5.57 Å². The molecule has 2 heteroatoms. The predicted octanol–water partition coefficient (Wildman–Crippen LogP) is 3.78. The minimum Gasteiger partial charge on any atom is -0.434 e. The number of esters is 1. The van der Waals surface area contributed by atoms with Crippen LogP contribution in [-0.4, -0.2) is 5.97 Å². The van der Waals surface area contributed by atoms with Gasteiger partial charge in [-0.2, -0.15) is 0 Å². The molecular formula is C21H18O2. The van der Waals surface area contributed by atoms with Gasteiger partial charge >= 0.3 is 5.97 Å². The first-order chi connectivity index (χ1) is 11.1.